The topological polar surface area (TPSA) is 115 Å². The molecule has 0 radical (unpaired) electrons. The lowest BCUT2D eigenvalue weighted by atomic mass is 9.91. The van der Waals surface area contributed by atoms with Crippen molar-refractivity contribution in [1.29, 1.82) is 0 Å². The second-order valence-corrected chi connectivity index (χ2v) is 12.0. The lowest BCUT2D eigenvalue weighted by Gasteiger charge is -2.32. The van der Waals surface area contributed by atoms with Gasteiger partial charge in [-0.05, 0) is 74.6 Å². The first kappa shape index (κ1) is 34.3. The summed E-state index contributed by atoms with van der Waals surface area (Å²) < 4.78 is 17.3. The standard InChI is InChI=1S/C25H25NO5.C12H23N.H3N/c1-2-29-24(25(27)28)17-18-11-13-19(14-12-18)30-16-15-26-20-7-3-5-9-22(20)31-23-10-6-4-8-21(23)26;1-3-7-11(8-4-1)13-12-9-5-2-6-10-12;/h3-14,24H,2,15-17H2,1H3,(H,27,28);11-13H,1-10H2;1H3. The minimum absolute atomic E-state index is 0. The minimum Gasteiger partial charge on any atom is -0.492 e. The zero-order valence-electron chi connectivity index (χ0n) is 26.8. The Labute approximate surface area is 268 Å². The van der Waals surface area contributed by atoms with Crippen LogP contribution < -0.4 is 25.8 Å². The van der Waals surface area contributed by atoms with Crippen LogP contribution in [0.5, 0.6) is 17.2 Å². The smallest absolute Gasteiger partial charge is 0.333 e. The molecular formula is C37H51N3O5. The fourth-order valence-electron chi connectivity index (χ4n) is 6.50. The number of hydrogen-bond donors (Lipinski definition) is 3. The Kier molecular flexibility index (Phi) is 13.5. The molecule has 2 aliphatic carbocycles. The number of anilines is 2. The van der Waals surface area contributed by atoms with Crippen LogP contribution in [0, 0.1) is 0 Å². The molecule has 45 heavy (non-hydrogen) atoms. The molecule has 244 valence electrons. The summed E-state index contributed by atoms with van der Waals surface area (Å²) in [7, 11) is 0. The van der Waals surface area contributed by atoms with Crippen LogP contribution in [0.2, 0.25) is 0 Å². The van der Waals surface area contributed by atoms with Crippen molar-refractivity contribution in [1.82, 2.24) is 11.5 Å². The molecule has 3 aromatic rings. The Morgan fingerprint density at radius 1 is 0.844 bits per heavy atom. The summed E-state index contributed by atoms with van der Waals surface area (Å²) in [6.07, 6.45) is 14.1. The highest BCUT2D eigenvalue weighted by Crippen LogP contribution is 2.45. The first-order valence-corrected chi connectivity index (χ1v) is 16.6. The number of hydrogen-bond acceptors (Lipinski definition) is 7. The highest BCUT2D eigenvalue weighted by molar-refractivity contribution is 5.77. The van der Waals surface area contributed by atoms with E-state index in [1.165, 1.54) is 64.2 Å². The SMILES string of the molecule is C1CCC(NC2CCCCC2)CC1.CCOC(Cc1ccc(OCCN2c3ccccc3Oc3ccccc32)cc1)C(=O)O.N. The van der Waals surface area contributed by atoms with Gasteiger partial charge in [-0.2, -0.15) is 0 Å². The molecule has 5 N–H and O–H groups in total. The summed E-state index contributed by atoms with van der Waals surface area (Å²) in [5, 5.41) is 13.1. The zero-order valence-corrected chi connectivity index (χ0v) is 26.8. The third-order valence-electron chi connectivity index (χ3n) is 8.79. The highest BCUT2D eigenvalue weighted by Gasteiger charge is 2.24. The number of nitrogens with one attached hydrogen (secondary N) is 1. The molecule has 3 aliphatic rings. The van der Waals surface area contributed by atoms with Crippen molar-refractivity contribution in [2.45, 2.75) is 95.7 Å². The Hall–Kier alpha value is -3.59. The summed E-state index contributed by atoms with van der Waals surface area (Å²) in [6.45, 7) is 3.30. The van der Waals surface area contributed by atoms with Gasteiger partial charge in [-0.25, -0.2) is 4.79 Å². The van der Waals surface area contributed by atoms with Crippen LogP contribution in [0.4, 0.5) is 11.4 Å². The number of benzene rings is 3. The van der Waals surface area contributed by atoms with Crippen molar-refractivity contribution in [2.75, 3.05) is 24.7 Å². The Morgan fingerprint density at radius 3 is 1.89 bits per heavy atom. The molecule has 2 fully saturated rings. The van der Waals surface area contributed by atoms with Crippen LogP contribution in [-0.4, -0.2) is 49.0 Å². The normalized spacial score (nSPS) is 17.0. The van der Waals surface area contributed by atoms with Gasteiger partial charge >= 0.3 is 5.97 Å². The van der Waals surface area contributed by atoms with E-state index in [-0.39, 0.29) is 6.15 Å². The first-order valence-electron chi connectivity index (χ1n) is 16.6. The number of carbonyl (C=O) groups is 1. The van der Waals surface area contributed by atoms with E-state index in [4.69, 9.17) is 14.2 Å². The van der Waals surface area contributed by atoms with Crippen molar-refractivity contribution in [3.63, 3.8) is 0 Å². The second kappa shape index (κ2) is 17.8. The second-order valence-electron chi connectivity index (χ2n) is 12.0. The molecule has 2 saturated carbocycles. The van der Waals surface area contributed by atoms with E-state index >= 15 is 0 Å². The van der Waals surface area contributed by atoms with Gasteiger partial charge in [-0.3, -0.25) is 0 Å². The van der Waals surface area contributed by atoms with Gasteiger partial charge in [0, 0.05) is 25.1 Å². The number of carboxylic acid groups (broad SMARTS) is 1. The Balaban J connectivity index is 0.000000275. The number of aliphatic carboxylic acids is 1. The molecule has 3 aromatic carbocycles. The average Bonchev–Trinajstić information content (AvgIpc) is 3.06. The van der Waals surface area contributed by atoms with E-state index < -0.39 is 12.1 Å². The van der Waals surface area contributed by atoms with E-state index in [1.807, 2.05) is 72.8 Å². The molecule has 8 heteroatoms. The van der Waals surface area contributed by atoms with E-state index in [1.54, 1.807) is 6.92 Å². The number of rotatable bonds is 11. The molecule has 0 saturated heterocycles. The number of carboxylic acids is 1. The number of ether oxygens (including phenoxy) is 3. The lowest BCUT2D eigenvalue weighted by molar-refractivity contribution is -0.149. The van der Waals surface area contributed by atoms with Gasteiger partial charge in [-0.1, -0.05) is 74.9 Å². The summed E-state index contributed by atoms with van der Waals surface area (Å²) in [4.78, 5) is 13.5. The number of nitrogens with zero attached hydrogens (tertiary/aromatic N) is 1. The Bertz CT molecular complexity index is 1240. The maximum absolute atomic E-state index is 11.3. The molecule has 0 bridgehead atoms. The van der Waals surface area contributed by atoms with Gasteiger partial charge in [0.1, 0.15) is 12.4 Å². The molecule has 8 nitrogen and oxygen atoms in total. The molecule has 1 aliphatic heterocycles. The van der Waals surface area contributed by atoms with Crippen molar-refractivity contribution in [3.8, 4) is 17.2 Å². The fraction of sp³-hybridized carbons (Fsp3) is 0.486. The summed E-state index contributed by atoms with van der Waals surface area (Å²) in [6, 6.07) is 25.1. The summed E-state index contributed by atoms with van der Waals surface area (Å²) in [5.74, 6) is 1.44. The average molecular weight is 618 g/mol. The van der Waals surface area contributed by atoms with Gasteiger partial charge in [0.2, 0.25) is 0 Å². The van der Waals surface area contributed by atoms with E-state index in [2.05, 4.69) is 10.2 Å². The molecule has 0 aromatic heterocycles. The first-order chi connectivity index (χ1) is 21.6. The fourth-order valence-corrected chi connectivity index (χ4v) is 6.50. The van der Waals surface area contributed by atoms with Crippen LogP contribution in [-0.2, 0) is 16.0 Å². The Morgan fingerprint density at radius 2 is 1.38 bits per heavy atom. The number of para-hydroxylation sites is 4. The third kappa shape index (κ3) is 9.95. The van der Waals surface area contributed by atoms with Crippen molar-refractivity contribution < 1.29 is 24.1 Å². The monoisotopic (exact) mass is 617 g/mol. The van der Waals surface area contributed by atoms with E-state index in [0.717, 1.165) is 46.3 Å². The highest BCUT2D eigenvalue weighted by atomic mass is 16.5. The minimum atomic E-state index is -0.951. The maximum Gasteiger partial charge on any atom is 0.333 e. The van der Waals surface area contributed by atoms with E-state index in [9.17, 15) is 9.90 Å². The van der Waals surface area contributed by atoms with Crippen molar-refractivity contribution >= 4 is 17.3 Å². The quantitative estimate of drug-likeness (QED) is 0.196. The zero-order chi connectivity index (χ0) is 30.6. The van der Waals surface area contributed by atoms with Gasteiger partial charge in [0.05, 0.1) is 17.9 Å². The number of fused-ring (bicyclic) bond motifs is 2. The molecule has 1 atom stereocenters. The van der Waals surface area contributed by atoms with Crippen LogP contribution in [0.25, 0.3) is 0 Å². The van der Waals surface area contributed by atoms with Crippen LogP contribution >= 0.6 is 0 Å². The van der Waals surface area contributed by atoms with Gasteiger partial charge in [-0.15, -0.1) is 0 Å². The van der Waals surface area contributed by atoms with E-state index in [0.29, 0.717) is 26.2 Å². The van der Waals surface area contributed by atoms with Gasteiger partial charge in [0.15, 0.2) is 17.6 Å². The van der Waals surface area contributed by atoms with Crippen LogP contribution in [0.15, 0.2) is 72.8 Å². The predicted octanol–water partition coefficient (Wildman–Crippen LogP) is 8.45. The largest absolute Gasteiger partial charge is 0.492 e. The molecule has 6 rings (SSSR count). The van der Waals surface area contributed by atoms with Crippen LogP contribution in [0.1, 0.15) is 76.7 Å². The predicted molar refractivity (Wildman–Crippen MR) is 181 cm³/mol. The lowest BCUT2D eigenvalue weighted by Crippen LogP contribution is -2.40. The molecule has 1 unspecified atom stereocenters. The van der Waals surface area contributed by atoms with Crippen molar-refractivity contribution in [3.05, 3.63) is 78.4 Å². The maximum atomic E-state index is 11.3. The molecule has 0 amide bonds. The summed E-state index contributed by atoms with van der Waals surface area (Å²) in [5.41, 5.74) is 2.91. The molecular weight excluding hydrogens is 566 g/mol. The van der Waals surface area contributed by atoms with Gasteiger partial charge < -0.3 is 35.7 Å². The summed E-state index contributed by atoms with van der Waals surface area (Å²) >= 11 is 0. The molecule has 0 spiro atoms. The van der Waals surface area contributed by atoms with Crippen LogP contribution in [0.3, 0.4) is 0 Å². The molecule has 1 heterocycles. The third-order valence-corrected chi connectivity index (χ3v) is 8.79. The van der Waals surface area contributed by atoms with Gasteiger partial charge in [0.25, 0.3) is 0 Å². The van der Waals surface area contributed by atoms with Crippen molar-refractivity contribution in [2.24, 2.45) is 0 Å².